The first-order chi connectivity index (χ1) is 13.5. The summed E-state index contributed by atoms with van der Waals surface area (Å²) in [4.78, 5) is 20.8. The standard InChI is InChI=1S/C21H22N4O3/c1-14(2)28-17-10-8-16(9-11-17)24-21-22-12-15(13-23-21)20(26)25-18-6-4-5-7-19(18)27-3/h4-14H,1-3H3,(H,25,26)(H,22,23,24). The van der Waals surface area contributed by atoms with Crippen LogP contribution in [0.4, 0.5) is 17.3 Å². The van der Waals surface area contributed by atoms with E-state index in [1.165, 1.54) is 12.4 Å². The highest BCUT2D eigenvalue weighted by atomic mass is 16.5. The second-order valence-electron chi connectivity index (χ2n) is 6.27. The fourth-order valence-electron chi connectivity index (χ4n) is 2.47. The van der Waals surface area contributed by atoms with E-state index < -0.39 is 0 Å². The molecule has 0 aliphatic rings. The molecule has 0 atom stereocenters. The van der Waals surface area contributed by atoms with Gasteiger partial charge in [-0.05, 0) is 50.2 Å². The second-order valence-corrected chi connectivity index (χ2v) is 6.27. The molecule has 0 spiro atoms. The first kappa shape index (κ1) is 19.2. The fraction of sp³-hybridized carbons (Fsp3) is 0.190. The Labute approximate surface area is 163 Å². The topological polar surface area (TPSA) is 85.4 Å². The average molecular weight is 378 g/mol. The number of nitrogens with zero attached hydrogens (tertiary/aromatic N) is 2. The molecular formula is C21H22N4O3. The minimum Gasteiger partial charge on any atom is -0.495 e. The Morgan fingerprint density at radius 2 is 1.68 bits per heavy atom. The van der Waals surface area contributed by atoms with E-state index in [1.807, 2.05) is 50.2 Å². The van der Waals surface area contributed by atoms with Gasteiger partial charge in [-0.1, -0.05) is 12.1 Å². The molecule has 7 nitrogen and oxygen atoms in total. The van der Waals surface area contributed by atoms with Crippen LogP contribution in [0.1, 0.15) is 24.2 Å². The van der Waals surface area contributed by atoms with E-state index in [9.17, 15) is 4.79 Å². The van der Waals surface area contributed by atoms with Crippen molar-refractivity contribution in [3.8, 4) is 11.5 Å². The Bertz CT molecular complexity index is 925. The summed E-state index contributed by atoms with van der Waals surface area (Å²) in [5.74, 6) is 1.46. The summed E-state index contributed by atoms with van der Waals surface area (Å²) in [5.41, 5.74) is 1.75. The monoisotopic (exact) mass is 378 g/mol. The molecule has 0 bridgehead atoms. The molecule has 0 saturated heterocycles. The smallest absolute Gasteiger partial charge is 0.258 e. The van der Waals surface area contributed by atoms with Gasteiger partial charge in [-0.2, -0.15) is 0 Å². The number of amides is 1. The van der Waals surface area contributed by atoms with Crippen LogP contribution < -0.4 is 20.1 Å². The van der Waals surface area contributed by atoms with Gasteiger partial charge in [0.2, 0.25) is 5.95 Å². The molecular weight excluding hydrogens is 356 g/mol. The maximum Gasteiger partial charge on any atom is 0.258 e. The predicted molar refractivity (Wildman–Crippen MR) is 108 cm³/mol. The molecule has 1 heterocycles. The largest absolute Gasteiger partial charge is 0.495 e. The lowest BCUT2D eigenvalue weighted by Crippen LogP contribution is -2.13. The molecule has 0 radical (unpaired) electrons. The molecule has 1 amide bonds. The molecule has 3 rings (SSSR count). The molecule has 3 aromatic rings. The minimum atomic E-state index is -0.314. The van der Waals surface area contributed by atoms with E-state index in [0.717, 1.165) is 11.4 Å². The highest BCUT2D eigenvalue weighted by molar-refractivity contribution is 6.04. The van der Waals surface area contributed by atoms with Crippen LogP contribution in [-0.4, -0.2) is 29.1 Å². The third-order valence-electron chi connectivity index (χ3n) is 3.75. The van der Waals surface area contributed by atoms with Crippen LogP contribution in [0.25, 0.3) is 0 Å². The summed E-state index contributed by atoms with van der Waals surface area (Å²) in [5, 5.41) is 5.88. The van der Waals surface area contributed by atoms with Gasteiger partial charge in [0.1, 0.15) is 11.5 Å². The molecule has 144 valence electrons. The number of nitrogens with one attached hydrogen (secondary N) is 2. The number of methoxy groups -OCH3 is 1. The van der Waals surface area contributed by atoms with Gasteiger partial charge in [0.15, 0.2) is 0 Å². The average Bonchev–Trinajstić information content (AvgIpc) is 2.70. The lowest BCUT2D eigenvalue weighted by Gasteiger charge is -2.11. The Kier molecular flexibility index (Phi) is 6.06. The number of benzene rings is 2. The SMILES string of the molecule is COc1ccccc1NC(=O)c1cnc(Nc2ccc(OC(C)C)cc2)nc1. The van der Waals surface area contributed by atoms with Gasteiger partial charge in [0.25, 0.3) is 5.91 Å². The Morgan fingerprint density at radius 1 is 1.00 bits per heavy atom. The van der Waals surface area contributed by atoms with Crippen molar-refractivity contribution in [1.29, 1.82) is 0 Å². The van der Waals surface area contributed by atoms with Gasteiger partial charge in [-0.3, -0.25) is 4.79 Å². The van der Waals surface area contributed by atoms with Crippen LogP contribution in [0.2, 0.25) is 0 Å². The molecule has 7 heteroatoms. The van der Waals surface area contributed by atoms with Crippen LogP contribution in [0.3, 0.4) is 0 Å². The number of hydrogen-bond donors (Lipinski definition) is 2. The van der Waals surface area contributed by atoms with E-state index in [1.54, 1.807) is 19.2 Å². The molecule has 0 fully saturated rings. The summed E-state index contributed by atoms with van der Waals surface area (Å²) in [7, 11) is 1.55. The van der Waals surface area contributed by atoms with Crippen LogP contribution in [0.15, 0.2) is 60.9 Å². The van der Waals surface area contributed by atoms with Crippen molar-refractivity contribution >= 4 is 23.2 Å². The van der Waals surface area contributed by atoms with Crippen LogP contribution in [-0.2, 0) is 0 Å². The van der Waals surface area contributed by atoms with Crippen LogP contribution in [0, 0.1) is 0 Å². The highest BCUT2D eigenvalue weighted by Gasteiger charge is 2.10. The molecule has 0 saturated carbocycles. The molecule has 28 heavy (non-hydrogen) atoms. The summed E-state index contributed by atoms with van der Waals surface area (Å²) < 4.78 is 10.8. The summed E-state index contributed by atoms with van der Waals surface area (Å²) in [6, 6.07) is 14.7. The molecule has 2 aromatic carbocycles. The number of carbonyl (C=O) groups excluding carboxylic acids is 1. The number of para-hydroxylation sites is 2. The van der Waals surface area contributed by atoms with E-state index in [2.05, 4.69) is 20.6 Å². The highest BCUT2D eigenvalue weighted by Crippen LogP contribution is 2.24. The third kappa shape index (κ3) is 4.97. The van der Waals surface area contributed by atoms with E-state index in [0.29, 0.717) is 22.9 Å². The molecule has 0 unspecified atom stereocenters. The van der Waals surface area contributed by atoms with Gasteiger partial charge in [-0.15, -0.1) is 0 Å². The summed E-state index contributed by atoms with van der Waals surface area (Å²) >= 11 is 0. The number of rotatable bonds is 7. The Hall–Kier alpha value is -3.61. The van der Waals surface area contributed by atoms with Crippen molar-refractivity contribution in [3.05, 3.63) is 66.5 Å². The second kappa shape index (κ2) is 8.85. The fourth-order valence-corrected chi connectivity index (χ4v) is 2.47. The van der Waals surface area contributed by atoms with Gasteiger partial charge in [0, 0.05) is 18.1 Å². The number of aromatic nitrogens is 2. The first-order valence-electron chi connectivity index (χ1n) is 8.85. The van der Waals surface area contributed by atoms with Gasteiger partial charge >= 0.3 is 0 Å². The Morgan fingerprint density at radius 3 is 2.32 bits per heavy atom. The van der Waals surface area contributed by atoms with Crippen LogP contribution in [0.5, 0.6) is 11.5 Å². The first-order valence-corrected chi connectivity index (χ1v) is 8.85. The van der Waals surface area contributed by atoms with Gasteiger partial charge in [-0.25, -0.2) is 9.97 Å². The number of hydrogen-bond acceptors (Lipinski definition) is 6. The molecule has 0 aliphatic heterocycles. The maximum atomic E-state index is 12.4. The van der Waals surface area contributed by atoms with Crippen LogP contribution >= 0.6 is 0 Å². The van der Waals surface area contributed by atoms with Gasteiger partial charge < -0.3 is 20.1 Å². The number of ether oxygens (including phenoxy) is 2. The third-order valence-corrected chi connectivity index (χ3v) is 3.75. The zero-order chi connectivity index (χ0) is 19.9. The summed E-state index contributed by atoms with van der Waals surface area (Å²) in [6.07, 6.45) is 3.06. The Balaban J connectivity index is 1.63. The molecule has 0 aliphatic carbocycles. The zero-order valence-electron chi connectivity index (χ0n) is 16.0. The van der Waals surface area contributed by atoms with Crippen molar-refractivity contribution < 1.29 is 14.3 Å². The van der Waals surface area contributed by atoms with Crippen molar-refractivity contribution in [2.24, 2.45) is 0 Å². The zero-order valence-corrected chi connectivity index (χ0v) is 16.0. The van der Waals surface area contributed by atoms with E-state index >= 15 is 0 Å². The summed E-state index contributed by atoms with van der Waals surface area (Å²) in [6.45, 7) is 3.96. The maximum absolute atomic E-state index is 12.4. The normalized spacial score (nSPS) is 10.4. The van der Waals surface area contributed by atoms with Crippen molar-refractivity contribution in [2.75, 3.05) is 17.7 Å². The number of anilines is 3. The predicted octanol–water partition coefficient (Wildman–Crippen LogP) is 4.27. The molecule has 2 N–H and O–H groups in total. The minimum absolute atomic E-state index is 0.122. The lowest BCUT2D eigenvalue weighted by atomic mass is 10.2. The van der Waals surface area contributed by atoms with Gasteiger partial charge in [0.05, 0.1) is 24.5 Å². The number of carbonyl (C=O) groups is 1. The quantitative estimate of drug-likeness (QED) is 0.639. The van der Waals surface area contributed by atoms with Crippen molar-refractivity contribution in [3.63, 3.8) is 0 Å². The molecule has 1 aromatic heterocycles. The lowest BCUT2D eigenvalue weighted by molar-refractivity contribution is 0.102. The van der Waals surface area contributed by atoms with E-state index in [4.69, 9.17) is 9.47 Å². The van der Waals surface area contributed by atoms with Crippen molar-refractivity contribution in [1.82, 2.24) is 9.97 Å². The van der Waals surface area contributed by atoms with E-state index in [-0.39, 0.29) is 12.0 Å². The van der Waals surface area contributed by atoms with Crippen molar-refractivity contribution in [2.45, 2.75) is 20.0 Å².